The first-order valence-corrected chi connectivity index (χ1v) is 11.4. The summed E-state index contributed by atoms with van der Waals surface area (Å²) in [6.45, 7) is 0.886. The Morgan fingerprint density at radius 1 is 1.03 bits per heavy atom. The van der Waals surface area contributed by atoms with E-state index in [1.165, 1.54) is 17.1 Å². The second kappa shape index (κ2) is 10.4. The average molecular weight is 449 g/mol. The lowest BCUT2D eigenvalue weighted by atomic mass is 9.65. The molecule has 2 fully saturated rings. The number of hydrogen-bond acceptors (Lipinski definition) is 8. The highest BCUT2D eigenvalue weighted by molar-refractivity contribution is 6.12. The zero-order valence-corrected chi connectivity index (χ0v) is 18.3. The van der Waals surface area contributed by atoms with E-state index < -0.39 is 29.2 Å². The van der Waals surface area contributed by atoms with Gasteiger partial charge in [0.05, 0.1) is 5.41 Å². The van der Waals surface area contributed by atoms with Gasteiger partial charge in [0.25, 0.3) is 23.6 Å². The number of hydroxylamine groups is 2. The fourth-order valence-corrected chi connectivity index (χ4v) is 4.76. The van der Waals surface area contributed by atoms with E-state index in [-0.39, 0.29) is 30.6 Å². The van der Waals surface area contributed by atoms with Crippen LogP contribution >= 0.6 is 0 Å². The van der Waals surface area contributed by atoms with Crippen molar-refractivity contribution in [2.75, 3.05) is 13.1 Å². The molecule has 1 saturated carbocycles. The van der Waals surface area contributed by atoms with E-state index in [9.17, 15) is 24.0 Å². The van der Waals surface area contributed by atoms with Crippen molar-refractivity contribution in [1.82, 2.24) is 9.96 Å². The summed E-state index contributed by atoms with van der Waals surface area (Å²) in [4.78, 5) is 67.4. The van der Waals surface area contributed by atoms with Gasteiger partial charge in [-0.15, -0.1) is 5.06 Å². The van der Waals surface area contributed by atoms with E-state index >= 15 is 0 Å². The Labute approximate surface area is 187 Å². The van der Waals surface area contributed by atoms with Gasteiger partial charge in [-0.3, -0.25) is 24.1 Å². The lowest BCUT2D eigenvalue weighted by Crippen LogP contribution is -2.53. The van der Waals surface area contributed by atoms with Crippen LogP contribution in [0.15, 0.2) is 12.2 Å². The first-order valence-electron chi connectivity index (χ1n) is 11.4. The second-order valence-electron chi connectivity index (χ2n) is 8.93. The Morgan fingerprint density at radius 3 is 2.19 bits per heavy atom. The molecule has 10 nitrogen and oxygen atoms in total. The second-order valence-corrected chi connectivity index (χ2v) is 8.93. The number of carbonyl (C=O) groups is 5. The monoisotopic (exact) mass is 448 g/mol. The van der Waals surface area contributed by atoms with Gasteiger partial charge in [0.15, 0.2) is 0 Å². The van der Waals surface area contributed by atoms with Crippen molar-refractivity contribution in [3.8, 4) is 0 Å². The molecule has 0 aromatic rings. The highest BCUT2D eigenvalue weighted by Gasteiger charge is 2.50. The van der Waals surface area contributed by atoms with Crippen LogP contribution in [-0.4, -0.2) is 58.7 Å². The van der Waals surface area contributed by atoms with E-state index in [1.807, 2.05) is 0 Å². The number of carbonyl (C=O) groups excluding carboxylic acids is 5. The van der Waals surface area contributed by atoms with Crippen LogP contribution in [0.25, 0.3) is 0 Å². The summed E-state index contributed by atoms with van der Waals surface area (Å²) < 4.78 is 0. The molecule has 1 aliphatic carbocycles. The zero-order chi connectivity index (χ0) is 23.3. The van der Waals surface area contributed by atoms with Crippen molar-refractivity contribution < 1.29 is 28.8 Å². The third kappa shape index (κ3) is 5.07. The Balaban J connectivity index is 1.68. The fraction of sp³-hybridized carbons (Fsp3) is 0.682. The molecule has 2 heterocycles. The van der Waals surface area contributed by atoms with Crippen molar-refractivity contribution >= 4 is 29.6 Å². The molecule has 0 spiro atoms. The van der Waals surface area contributed by atoms with Crippen LogP contribution in [0.3, 0.4) is 0 Å². The molecule has 1 atom stereocenters. The molecule has 2 aliphatic heterocycles. The third-order valence-electron chi connectivity index (χ3n) is 6.85. The van der Waals surface area contributed by atoms with Gasteiger partial charge in [0.2, 0.25) is 0 Å². The van der Waals surface area contributed by atoms with Crippen LogP contribution in [0, 0.1) is 11.3 Å². The SMILES string of the molecule is NCCCCCC(N)C1(C(=O)ON2C(=O)CCC2=O)CCC(CN2C(=O)C=CC2=O)CC1. The largest absolute Gasteiger partial charge is 0.340 e. The zero-order valence-electron chi connectivity index (χ0n) is 18.3. The minimum Gasteiger partial charge on any atom is -0.330 e. The standard InChI is InChI=1S/C22H32N4O6/c23-13-3-1-2-4-16(24)22(21(31)32-26-19(29)7-8-20(26)30)11-9-15(10-12-22)14-25-17(27)5-6-18(25)28/h5-6,15-16H,1-4,7-14,23-24H2. The Kier molecular flexibility index (Phi) is 7.78. The Morgan fingerprint density at radius 2 is 1.62 bits per heavy atom. The van der Waals surface area contributed by atoms with E-state index in [0.717, 1.165) is 19.3 Å². The number of amides is 4. The number of imide groups is 2. The number of rotatable bonds is 10. The van der Waals surface area contributed by atoms with Crippen molar-refractivity contribution in [2.45, 2.75) is 70.3 Å². The molecule has 4 amide bonds. The van der Waals surface area contributed by atoms with Gasteiger partial charge in [-0.2, -0.15) is 0 Å². The number of nitrogens with zero attached hydrogens (tertiary/aromatic N) is 2. The van der Waals surface area contributed by atoms with Crippen LogP contribution in [0.2, 0.25) is 0 Å². The molecule has 1 saturated heterocycles. The average Bonchev–Trinajstić information content (AvgIpc) is 3.27. The Bertz CT molecular complexity index is 768. The quantitative estimate of drug-likeness (QED) is 0.363. The molecule has 176 valence electrons. The molecule has 0 bridgehead atoms. The van der Waals surface area contributed by atoms with Crippen molar-refractivity contribution in [1.29, 1.82) is 0 Å². The van der Waals surface area contributed by atoms with Crippen molar-refractivity contribution in [2.24, 2.45) is 22.8 Å². The molecule has 4 N–H and O–H groups in total. The van der Waals surface area contributed by atoms with Crippen LogP contribution in [0.1, 0.15) is 64.2 Å². The molecule has 0 radical (unpaired) electrons. The highest BCUT2D eigenvalue weighted by Crippen LogP contribution is 2.44. The van der Waals surface area contributed by atoms with Gasteiger partial charge < -0.3 is 16.3 Å². The molecule has 0 aromatic heterocycles. The van der Waals surface area contributed by atoms with Crippen LogP contribution in [0.4, 0.5) is 0 Å². The first-order chi connectivity index (χ1) is 15.3. The lowest BCUT2D eigenvalue weighted by Gasteiger charge is -2.42. The number of hydrogen-bond donors (Lipinski definition) is 2. The van der Waals surface area contributed by atoms with Crippen LogP contribution in [0.5, 0.6) is 0 Å². The molecule has 3 aliphatic rings. The van der Waals surface area contributed by atoms with Gasteiger partial charge >= 0.3 is 5.97 Å². The summed E-state index contributed by atoms with van der Waals surface area (Å²) in [5.41, 5.74) is 11.0. The predicted molar refractivity (Wildman–Crippen MR) is 113 cm³/mol. The smallest absolute Gasteiger partial charge is 0.330 e. The minimum absolute atomic E-state index is 0.0260. The molecular weight excluding hydrogens is 416 g/mol. The summed E-state index contributed by atoms with van der Waals surface area (Å²) in [6, 6.07) is -0.502. The van der Waals surface area contributed by atoms with Gasteiger partial charge in [-0.25, -0.2) is 4.79 Å². The topological polar surface area (TPSA) is 153 Å². The van der Waals surface area contributed by atoms with Crippen molar-refractivity contribution in [3.63, 3.8) is 0 Å². The number of unbranched alkanes of at least 4 members (excludes halogenated alkanes) is 2. The van der Waals surface area contributed by atoms with Crippen molar-refractivity contribution in [3.05, 3.63) is 12.2 Å². The van der Waals surface area contributed by atoms with E-state index in [1.54, 1.807) is 0 Å². The van der Waals surface area contributed by atoms with Crippen LogP contribution in [-0.2, 0) is 28.8 Å². The van der Waals surface area contributed by atoms with Gasteiger partial charge in [-0.05, 0) is 51.0 Å². The Hall–Kier alpha value is -2.59. The molecular formula is C22H32N4O6. The summed E-state index contributed by atoms with van der Waals surface area (Å²) in [5.74, 6) is -2.31. The van der Waals surface area contributed by atoms with Crippen LogP contribution < -0.4 is 11.5 Å². The third-order valence-corrected chi connectivity index (χ3v) is 6.85. The van der Waals surface area contributed by atoms with Gasteiger partial charge in [0, 0.05) is 37.6 Å². The molecule has 3 rings (SSSR count). The van der Waals surface area contributed by atoms with E-state index in [2.05, 4.69) is 0 Å². The predicted octanol–water partition coefficient (Wildman–Crippen LogP) is 0.542. The first kappa shape index (κ1) is 24.1. The molecule has 10 heteroatoms. The summed E-state index contributed by atoms with van der Waals surface area (Å²) >= 11 is 0. The fourth-order valence-electron chi connectivity index (χ4n) is 4.76. The normalized spacial score (nSPS) is 26.9. The maximum Gasteiger partial charge on any atom is 0.340 e. The molecule has 1 unspecified atom stereocenters. The maximum atomic E-state index is 13.3. The molecule has 0 aromatic carbocycles. The minimum atomic E-state index is -1.03. The highest BCUT2D eigenvalue weighted by atomic mass is 16.7. The molecule has 32 heavy (non-hydrogen) atoms. The summed E-state index contributed by atoms with van der Waals surface area (Å²) in [6.07, 6.45) is 7.68. The van der Waals surface area contributed by atoms with Gasteiger partial charge in [0.1, 0.15) is 0 Å². The lowest BCUT2D eigenvalue weighted by molar-refractivity contribution is -0.208. The van der Waals surface area contributed by atoms with E-state index in [0.29, 0.717) is 50.3 Å². The summed E-state index contributed by atoms with van der Waals surface area (Å²) in [7, 11) is 0. The summed E-state index contributed by atoms with van der Waals surface area (Å²) in [5, 5.41) is 0.574. The van der Waals surface area contributed by atoms with Gasteiger partial charge in [-0.1, -0.05) is 12.8 Å². The van der Waals surface area contributed by atoms with E-state index in [4.69, 9.17) is 16.3 Å². The number of nitrogens with two attached hydrogens (primary N) is 2. The maximum absolute atomic E-state index is 13.3.